The number of fused-ring (bicyclic) bond motifs is 1. The van der Waals surface area contributed by atoms with E-state index < -0.39 is 0 Å². The molecule has 0 aliphatic rings. The first-order chi connectivity index (χ1) is 10.8. The third-order valence-corrected chi connectivity index (χ3v) is 3.25. The van der Waals surface area contributed by atoms with E-state index in [0.717, 1.165) is 11.3 Å². The maximum absolute atomic E-state index is 13.2. The van der Waals surface area contributed by atoms with E-state index in [1.54, 1.807) is 12.1 Å². The van der Waals surface area contributed by atoms with Gasteiger partial charge < -0.3 is 4.40 Å². The summed E-state index contributed by atoms with van der Waals surface area (Å²) < 4.78 is 15.2. The van der Waals surface area contributed by atoms with E-state index in [2.05, 4.69) is 20.4 Å². The van der Waals surface area contributed by atoms with Gasteiger partial charge in [-0.3, -0.25) is 0 Å². The quantitative estimate of drug-likeness (QED) is 0.581. The van der Waals surface area contributed by atoms with Crippen molar-refractivity contribution in [2.75, 3.05) is 0 Å². The molecule has 0 aliphatic carbocycles. The van der Waals surface area contributed by atoms with Crippen LogP contribution < -0.4 is 0 Å². The average molecular weight is 294 g/mol. The number of nitrogens with zero attached hydrogens (tertiary/aromatic N) is 6. The second-order valence-corrected chi connectivity index (χ2v) is 4.85. The number of hydrogen-bond donors (Lipinski definition) is 0. The monoisotopic (exact) mass is 294 g/mol. The summed E-state index contributed by atoms with van der Waals surface area (Å²) in [6.45, 7) is 0.407. The van der Waals surface area contributed by atoms with Crippen LogP contribution in [0.4, 0.5) is 4.39 Å². The molecule has 0 aliphatic heterocycles. The van der Waals surface area contributed by atoms with Gasteiger partial charge in [0.05, 0.1) is 5.69 Å². The van der Waals surface area contributed by atoms with E-state index in [1.165, 1.54) is 16.9 Å². The molecule has 22 heavy (non-hydrogen) atoms. The van der Waals surface area contributed by atoms with Gasteiger partial charge in [0.15, 0.2) is 0 Å². The Morgan fingerprint density at radius 2 is 2.05 bits per heavy atom. The van der Waals surface area contributed by atoms with Gasteiger partial charge in [-0.15, -0.1) is 10.2 Å². The Morgan fingerprint density at radius 3 is 2.91 bits per heavy atom. The molecule has 0 amide bonds. The Hall–Kier alpha value is -3.09. The summed E-state index contributed by atoms with van der Waals surface area (Å²) in [7, 11) is 0. The molecule has 0 unspecified atom stereocenters. The molecular weight excluding hydrogens is 283 g/mol. The third-order valence-electron chi connectivity index (χ3n) is 3.25. The van der Waals surface area contributed by atoms with Crippen molar-refractivity contribution in [1.29, 1.82) is 0 Å². The van der Waals surface area contributed by atoms with E-state index in [4.69, 9.17) is 0 Å². The summed E-state index contributed by atoms with van der Waals surface area (Å²) in [6, 6.07) is 11.9. The van der Waals surface area contributed by atoms with Crippen LogP contribution >= 0.6 is 0 Å². The lowest BCUT2D eigenvalue weighted by atomic mass is 10.2. The fourth-order valence-electron chi connectivity index (χ4n) is 2.26. The van der Waals surface area contributed by atoms with Crippen LogP contribution in [-0.2, 0) is 6.54 Å². The van der Waals surface area contributed by atoms with Gasteiger partial charge in [-0.25, -0.2) is 9.37 Å². The number of aromatic nitrogens is 6. The maximum Gasteiger partial charge on any atom is 0.205 e. The van der Waals surface area contributed by atoms with Crippen molar-refractivity contribution < 1.29 is 4.39 Å². The predicted octanol–water partition coefficient (Wildman–Crippen LogP) is 2.18. The number of halogens is 1. The average Bonchev–Trinajstić information content (AvgIpc) is 3.13. The first kappa shape index (κ1) is 12.6. The second-order valence-electron chi connectivity index (χ2n) is 4.85. The number of imidazole rings is 1. The molecule has 1 aromatic carbocycles. The molecule has 3 heterocycles. The molecule has 7 heteroatoms. The van der Waals surface area contributed by atoms with Crippen molar-refractivity contribution in [3.8, 4) is 11.4 Å². The SMILES string of the molecule is Fc1cccc(-c2nnn(Cc3cn4ccccc4n3)n2)c1. The molecule has 0 atom stereocenters. The summed E-state index contributed by atoms with van der Waals surface area (Å²) in [4.78, 5) is 5.92. The van der Waals surface area contributed by atoms with E-state index in [9.17, 15) is 4.39 Å². The van der Waals surface area contributed by atoms with Crippen molar-refractivity contribution in [3.05, 3.63) is 66.4 Å². The summed E-state index contributed by atoms with van der Waals surface area (Å²) in [5.41, 5.74) is 2.29. The lowest BCUT2D eigenvalue weighted by Gasteiger charge is -1.94. The zero-order valence-corrected chi connectivity index (χ0v) is 11.5. The molecule has 108 valence electrons. The fourth-order valence-corrected chi connectivity index (χ4v) is 2.26. The molecule has 0 fully saturated rings. The lowest BCUT2D eigenvalue weighted by Crippen LogP contribution is -2.04. The number of hydrogen-bond acceptors (Lipinski definition) is 4. The minimum absolute atomic E-state index is 0.325. The predicted molar refractivity (Wildman–Crippen MR) is 77.5 cm³/mol. The maximum atomic E-state index is 13.2. The molecule has 4 aromatic rings. The Balaban J connectivity index is 1.61. The summed E-state index contributed by atoms with van der Waals surface area (Å²) in [5.74, 6) is 0.0671. The van der Waals surface area contributed by atoms with Gasteiger partial charge in [0.2, 0.25) is 5.82 Å². The molecule has 0 saturated heterocycles. The van der Waals surface area contributed by atoms with Crippen molar-refractivity contribution in [3.63, 3.8) is 0 Å². The van der Waals surface area contributed by atoms with Crippen molar-refractivity contribution >= 4 is 5.65 Å². The fraction of sp³-hybridized carbons (Fsp3) is 0.0667. The molecule has 0 radical (unpaired) electrons. The van der Waals surface area contributed by atoms with Crippen LogP contribution in [0.1, 0.15) is 5.69 Å². The van der Waals surface area contributed by atoms with Gasteiger partial charge in [0.25, 0.3) is 0 Å². The summed E-state index contributed by atoms with van der Waals surface area (Å²) in [5, 5.41) is 12.2. The molecule has 4 rings (SSSR count). The van der Waals surface area contributed by atoms with Crippen molar-refractivity contribution in [1.82, 2.24) is 29.6 Å². The van der Waals surface area contributed by atoms with Gasteiger partial charge in [-0.2, -0.15) is 4.80 Å². The number of rotatable bonds is 3. The van der Waals surface area contributed by atoms with Crippen LogP contribution in [0.3, 0.4) is 0 Å². The zero-order valence-electron chi connectivity index (χ0n) is 11.5. The molecule has 6 nitrogen and oxygen atoms in total. The topological polar surface area (TPSA) is 60.9 Å². The second kappa shape index (κ2) is 5.03. The molecule has 0 bridgehead atoms. The molecule has 0 spiro atoms. The number of tetrazole rings is 1. The van der Waals surface area contributed by atoms with Crippen LogP contribution in [-0.4, -0.2) is 29.6 Å². The molecule has 0 N–H and O–H groups in total. The molecule has 0 saturated carbocycles. The Labute approximate surface area is 124 Å². The lowest BCUT2D eigenvalue weighted by molar-refractivity contribution is 0.566. The van der Waals surface area contributed by atoms with E-state index >= 15 is 0 Å². The first-order valence-electron chi connectivity index (χ1n) is 6.74. The molecule has 3 aromatic heterocycles. The van der Waals surface area contributed by atoms with E-state index in [-0.39, 0.29) is 5.82 Å². The van der Waals surface area contributed by atoms with Gasteiger partial charge >= 0.3 is 0 Å². The normalized spacial score (nSPS) is 11.1. The number of benzene rings is 1. The van der Waals surface area contributed by atoms with Gasteiger partial charge in [0, 0.05) is 18.0 Å². The standard InChI is InChI=1S/C15H11FN6/c16-12-5-3-4-11(8-12)15-18-20-22(19-15)10-13-9-21-7-2-1-6-14(21)17-13/h1-9H,10H2. The Kier molecular flexibility index (Phi) is 2.89. The number of pyridine rings is 1. The summed E-state index contributed by atoms with van der Waals surface area (Å²) >= 11 is 0. The molecular formula is C15H11FN6. The Morgan fingerprint density at radius 1 is 1.09 bits per heavy atom. The van der Waals surface area contributed by atoms with Crippen LogP contribution in [0.15, 0.2) is 54.9 Å². The minimum atomic E-state index is -0.325. The highest BCUT2D eigenvalue weighted by atomic mass is 19.1. The van der Waals surface area contributed by atoms with E-state index in [0.29, 0.717) is 17.9 Å². The highest BCUT2D eigenvalue weighted by Crippen LogP contribution is 2.14. The summed E-state index contributed by atoms with van der Waals surface area (Å²) in [6.07, 6.45) is 3.85. The largest absolute Gasteiger partial charge is 0.307 e. The van der Waals surface area contributed by atoms with Crippen molar-refractivity contribution in [2.24, 2.45) is 0 Å². The smallest absolute Gasteiger partial charge is 0.205 e. The van der Waals surface area contributed by atoms with Gasteiger partial charge in [-0.1, -0.05) is 18.2 Å². The first-order valence-corrected chi connectivity index (χ1v) is 6.74. The van der Waals surface area contributed by atoms with Gasteiger partial charge in [0.1, 0.15) is 18.0 Å². The zero-order chi connectivity index (χ0) is 14.9. The minimum Gasteiger partial charge on any atom is -0.307 e. The van der Waals surface area contributed by atoms with Crippen LogP contribution in [0.25, 0.3) is 17.0 Å². The van der Waals surface area contributed by atoms with E-state index in [1.807, 2.05) is 35.0 Å². The van der Waals surface area contributed by atoms with Crippen LogP contribution in [0.2, 0.25) is 0 Å². The highest BCUT2D eigenvalue weighted by molar-refractivity contribution is 5.53. The van der Waals surface area contributed by atoms with Gasteiger partial charge in [-0.05, 0) is 29.5 Å². The van der Waals surface area contributed by atoms with Crippen LogP contribution in [0.5, 0.6) is 0 Å². The Bertz CT molecular complexity index is 909. The third kappa shape index (κ3) is 2.32. The van der Waals surface area contributed by atoms with Crippen LogP contribution in [0, 0.1) is 5.82 Å². The highest BCUT2D eigenvalue weighted by Gasteiger charge is 2.08. The van der Waals surface area contributed by atoms with Crippen molar-refractivity contribution in [2.45, 2.75) is 6.54 Å².